The second-order valence-corrected chi connectivity index (χ2v) is 6.56. The van der Waals surface area contributed by atoms with Gasteiger partial charge in [0.05, 0.1) is 0 Å². The van der Waals surface area contributed by atoms with Crippen LogP contribution in [0.3, 0.4) is 0 Å². The van der Waals surface area contributed by atoms with Crippen molar-refractivity contribution in [2.24, 2.45) is 5.92 Å². The molecular formula is C19H21FN4O4. The number of aliphatic carboxylic acids is 1. The Morgan fingerprint density at radius 1 is 1.04 bits per heavy atom. The van der Waals surface area contributed by atoms with Gasteiger partial charge in [0.15, 0.2) is 11.4 Å². The van der Waals surface area contributed by atoms with E-state index in [0.29, 0.717) is 5.56 Å². The highest BCUT2D eigenvalue weighted by Crippen LogP contribution is 2.08. The first kappa shape index (κ1) is 20.9. The van der Waals surface area contributed by atoms with Gasteiger partial charge in [-0.3, -0.25) is 9.59 Å². The lowest BCUT2D eigenvalue weighted by molar-refractivity contribution is -0.139. The van der Waals surface area contributed by atoms with Crippen LogP contribution in [0.15, 0.2) is 36.7 Å². The Balaban J connectivity index is 2.12. The summed E-state index contributed by atoms with van der Waals surface area (Å²) in [6, 6.07) is 4.46. The molecule has 2 aromatic rings. The molecule has 0 saturated heterocycles. The van der Waals surface area contributed by atoms with E-state index in [0.717, 1.165) is 0 Å². The summed E-state index contributed by atoms with van der Waals surface area (Å²) in [5, 5.41) is 14.2. The number of nitrogens with zero attached hydrogens (tertiary/aromatic N) is 2. The number of carbonyl (C=O) groups excluding carboxylic acids is 2. The van der Waals surface area contributed by atoms with Gasteiger partial charge in [-0.25, -0.2) is 19.2 Å². The van der Waals surface area contributed by atoms with E-state index in [1.807, 2.05) is 13.8 Å². The van der Waals surface area contributed by atoms with Gasteiger partial charge in [0.25, 0.3) is 11.8 Å². The molecule has 0 saturated carbocycles. The van der Waals surface area contributed by atoms with Crippen LogP contribution in [0, 0.1) is 11.7 Å². The fourth-order valence-corrected chi connectivity index (χ4v) is 2.46. The van der Waals surface area contributed by atoms with Gasteiger partial charge >= 0.3 is 5.97 Å². The van der Waals surface area contributed by atoms with Gasteiger partial charge in [0, 0.05) is 18.9 Å². The summed E-state index contributed by atoms with van der Waals surface area (Å²) in [7, 11) is 0. The van der Waals surface area contributed by atoms with Crippen LogP contribution in [0.2, 0.25) is 0 Å². The molecule has 1 aromatic carbocycles. The molecule has 28 heavy (non-hydrogen) atoms. The smallest absolute Gasteiger partial charge is 0.326 e. The monoisotopic (exact) mass is 388 g/mol. The highest BCUT2D eigenvalue weighted by Gasteiger charge is 2.26. The number of amides is 2. The number of carboxylic acids is 1. The molecule has 3 N–H and O–H groups in total. The third-order valence-corrected chi connectivity index (χ3v) is 3.81. The molecule has 1 heterocycles. The molecule has 1 aromatic heterocycles. The Bertz CT molecular complexity index is 855. The van der Waals surface area contributed by atoms with E-state index in [4.69, 9.17) is 0 Å². The van der Waals surface area contributed by atoms with Crippen molar-refractivity contribution in [3.8, 4) is 0 Å². The SMILES string of the molecule is CC(C)C[C@@H](NC(=O)c1nccnc1C(=O)NCc1ccc(F)cc1)C(=O)O. The number of rotatable bonds is 8. The number of carbonyl (C=O) groups is 3. The van der Waals surface area contributed by atoms with Crippen LogP contribution in [-0.4, -0.2) is 38.9 Å². The molecule has 8 nitrogen and oxygen atoms in total. The number of halogens is 1. The van der Waals surface area contributed by atoms with Crippen LogP contribution in [0.1, 0.15) is 46.8 Å². The van der Waals surface area contributed by atoms with E-state index in [9.17, 15) is 23.9 Å². The molecule has 0 aliphatic carbocycles. The number of hydrogen-bond acceptors (Lipinski definition) is 5. The standard InChI is InChI=1S/C19H21FN4O4/c1-11(2)9-14(19(27)28)24-18(26)16-15(21-7-8-22-16)17(25)23-10-12-3-5-13(20)6-4-12/h3-8,11,14H,9-10H2,1-2H3,(H,23,25)(H,24,26)(H,27,28)/t14-/m1/s1. The Kier molecular flexibility index (Phi) is 7.14. The van der Waals surface area contributed by atoms with Crippen LogP contribution in [0.4, 0.5) is 4.39 Å². The van der Waals surface area contributed by atoms with Crippen LogP contribution >= 0.6 is 0 Å². The van der Waals surface area contributed by atoms with Crippen molar-refractivity contribution in [1.29, 1.82) is 0 Å². The maximum absolute atomic E-state index is 12.9. The molecule has 0 radical (unpaired) electrons. The van der Waals surface area contributed by atoms with Crippen molar-refractivity contribution in [3.63, 3.8) is 0 Å². The summed E-state index contributed by atoms with van der Waals surface area (Å²) >= 11 is 0. The van der Waals surface area contributed by atoms with Gasteiger partial charge in [0.1, 0.15) is 11.9 Å². The van der Waals surface area contributed by atoms with E-state index >= 15 is 0 Å². The van der Waals surface area contributed by atoms with Crippen LogP contribution < -0.4 is 10.6 Å². The summed E-state index contributed by atoms with van der Waals surface area (Å²) in [5.41, 5.74) is 0.164. The first-order chi connectivity index (χ1) is 13.3. The number of carboxylic acid groups (broad SMARTS) is 1. The molecule has 9 heteroatoms. The second-order valence-electron chi connectivity index (χ2n) is 6.56. The molecule has 0 bridgehead atoms. The van der Waals surface area contributed by atoms with E-state index in [-0.39, 0.29) is 30.3 Å². The molecule has 0 spiro atoms. The number of nitrogens with one attached hydrogen (secondary N) is 2. The lowest BCUT2D eigenvalue weighted by Crippen LogP contribution is -2.43. The third kappa shape index (κ3) is 5.83. The van der Waals surface area contributed by atoms with Gasteiger partial charge in [-0.1, -0.05) is 26.0 Å². The first-order valence-corrected chi connectivity index (χ1v) is 8.65. The molecule has 1 atom stereocenters. The molecular weight excluding hydrogens is 367 g/mol. The van der Waals surface area contributed by atoms with Crippen molar-refractivity contribution >= 4 is 17.8 Å². The van der Waals surface area contributed by atoms with E-state index in [2.05, 4.69) is 20.6 Å². The van der Waals surface area contributed by atoms with Crippen LogP contribution in [-0.2, 0) is 11.3 Å². The minimum Gasteiger partial charge on any atom is -0.480 e. The van der Waals surface area contributed by atoms with Gasteiger partial charge < -0.3 is 15.7 Å². The van der Waals surface area contributed by atoms with Crippen LogP contribution in [0.5, 0.6) is 0 Å². The topological polar surface area (TPSA) is 121 Å². The highest BCUT2D eigenvalue weighted by molar-refractivity contribution is 6.05. The van der Waals surface area contributed by atoms with Gasteiger partial charge in [-0.05, 0) is 30.0 Å². The largest absolute Gasteiger partial charge is 0.480 e. The zero-order valence-electron chi connectivity index (χ0n) is 15.5. The molecule has 0 aliphatic rings. The summed E-state index contributed by atoms with van der Waals surface area (Å²) in [5.74, 6) is -2.97. The molecule has 0 unspecified atom stereocenters. The van der Waals surface area contributed by atoms with Gasteiger partial charge in [0.2, 0.25) is 0 Å². The summed E-state index contributed by atoms with van der Waals surface area (Å²) in [6.07, 6.45) is 2.73. The predicted molar refractivity (Wildman–Crippen MR) is 97.9 cm³/mol. The minimum absolute atomic E-state index is 0.0433. The van der Waals surface area contributed by atoms with Crippen molar-refractivity contribution in [2.75, 3.05) is 0 Å². The minimum atomic E-state index is -1.17. The third-order valence-electron chi connectivity index (χ3n) is 3.81. The van der Waals surface area contributed by atoms with Crippen molar-refractivity contribution in [3.05, 3.63) is 59.4 Å². The predicted octanol–water partition coefficient (Wildman–Crippen LogP) is 1.77. The van der Waals surface area contributed by atoms with Crippen molar-refractivity contribution in [1.82, 2.24) is 20.6 Å². The molecule has 2 amide bonds. The average molecular weight is 388 g/mol. The lowest BCUT2D eigenvalue weighted by Gasteiger charge is -2.16. The van der Waals surface area contributed by atoms with Gasteiger partial charge in [-0.2, -0.15) is 0 Å². The maximum atomic E-state index is 12.9. The number of benzene rings is 1. The Morgan fingerprint density at radius 3 is 2.14 bits per heavy atom. The molecule has 2 rings (SSSR count). The average Bonchev–Trinajstić information content (AvgIpc) is 2.66. The Hall–Kier alpha value is -3.36. The summed E-state index contributed by atoms with van der Waals surface area (Å²) in [6.45, 7) is 3.76. The molecule has 0 fully saturated rings. The zero-order valence-corrected chi connectivity index (χ0v) is 15.5. The Labute approximate surface area is 161 Å². The Morgan fingerprint density at radius 2 is 1.61 bits per heavy atom. The van der Waals surface area contributed by atoms with E-state index in [1.54, 1.807) is 0 Å². The summed E-state index contributed by atoms with van der Waals surface area (Å²) < 4.78 is 12.9. The fourth-order valence-electron chi connectivity index (χ4n) is 2.46. The quantitative estimate of drug-likeness (QED) is 0.634. The number of hydrogen-bond donors (Lipinski definition) is 3. The fraction of sp³-hybridized carbons (Fsp3) is 0.316. The van der Waals surface area contributed by atoms with Crippen LogP contribution in [0.25, 0.3) is 0 Å². The second kappa shape index (κ2) is 9.54. The maximum Gasteiger partial charge on any atom is 0.326 e. The van der Waals surface area contributed by atoms with E-state index in [1.165, 1.54) is 36.7 Å². The van der Waals surface area contributed by atoms with E-state index < -0.39 is 29.6 Å². The highest BCUT2D eigenvalue weighted by atomic mass is 19.1. The molecule has 0 aliphatic heterocycles. The lowest BCUT2D eigenvalue weighted by atomic mass is 10.0. The first-order valence-electron chi connectivity index (χ1n) is 8.65. The molecule has 148 valence electrons. The summed E-state index contributed by atoms with van der Waals surface area (Å²) in [4.78, 5) is 44.0. The van der Waals surface area contributed by atoms with Crippen molar-refractivity contribution < 1.29 is 23.9 Å². The zero-order chi connectivity index (χ0) is 20.7. The van der Waals surface area contributed by atoms with Gasteiger partial charge in [-0.15, -0.1) is 0 Å². The normalized spacial score (nSPS) is 11.7. The number of aromatic nitrogens is 2. The van der Waals surface area contributed by atoms with Crippen molar-refractivity contribution in [2.45, 2.75) is 32.9 Å².